The average Bonchev–Trinajstić information content (AvgIpc) is 2.77. The molecule has 0 aliphatic heterocycles. The van der Waals surface area contributed by atoms with Crippen molar-refractivity contribution in [2.45, 2.75) is 0 Å². The molecule has 0 aromatic heterocycles. The van der Waals surface area contributed by atoms with Crippen molar-refractivity contribution in [1.82, 2.24) is 9.80 Å². The van der Waals surface area contributed by atoms with Gasteiger partial charge in [-0.2, -0.15) is 0 Å². The van der Waals surface area contributed by atoms with Crippen molar-refractivity contribution >= 4 is 0 Å². The van der Waals surface area contributed by atoms with Crippen molar-refractivity contribution < 1.29 is 155 Å². The zero-order valence-electron chi connectivity index (χ0n) is 18.8. The van der Waals surface area contributed by atoms with Crippen LogP contribution in [-0.4, -0.2) is 119 Å². The van der Waals surface area contributed by atoms with E-state index in [1.54, 1.807) is 9.80 Å². The van der Waals surface area contributed by atoms with Gasteiger partial charge in [-0.25, -0.2) is 0 Å². The van der Waals surface area contributed by atoms with Crippen LogP contribution in [0.15, 0.2) is 0 Å². The zero-order valence-corrected chi connectivity index (χ0v) is 25.8. The van der Waals surface area contributed by atoms with Crippen LogP contribution < -0.4 is 24.2 Å². The fourth-order valence-corrected chi connectivity index (χ4v) is 1.52. The summed E-state index contributed by atoms with van der Waals surface area (Å²) in [6.07, 6.45) is 0. The van der Waals surface area contributed by atoms with E-state index in [0.29, 0.717) is 39.3 Å². The van der Waals surface area contributed by atoms with Gasteiger partial charge in [0.05, 0.1) is 39.6 Å². The molecule has 0 unspecified atom stereocenters. The predicted octanol–water partition coefficient (Wildman–Crippen LogP) is -11.2. The van der Waals surface area contributed by atoms with Crippen molar-refractivity contribution in [3.8, 4) is 0 Å². The number of hydrogen-bond donors (Lipinski definition) is 6. The molecular weight excluding hydrogens is 699 g/mol. The van der Waals surface area contributed by atoms with Gasteiger partial charge in [-0.05, 0) is 0 Å². The normalized spacial score (nSPS) is 9.78. The number of aliphatic hydroxyl groups is 6. The predicted molar refractivity (Wildman–Crippen MR) is 78.8 cm³/mol. The second-order valence-corrected chi connectivity index (χ2v) is 7.71. The quantitative estimate of drug-likeness (QED) is 0.109. The Morgan fingerprint density at radius 3 is 0.556 bits per heavy atom. The van der Waals surface area contributed by atoms with Crippen LogP contribution in [0.1, 0.15) is 0 Å². The fourth-order valence-electron chi connectivity index (χ4n) is 1.52. The maximum absolute atomic E-state index is 8.61. The minimum absolute atomic E-state index is 0.0694. The molecule has 19 nitrogen and oxygen atoms in total. The molecule has 0 rings (SSSR count). The van der Waals surface area contributed by atoms with E-state index in [1.165, 1.54) is 0 Å². The van der Waals surface area contributed by atoms with Gasteiger partial charge in [0.25, 0.3) is 0 Å². The van der Waals surface area contributed by atoms with Crippen molar-refractivity contribution in [3.05, 3.63) is 0 Å². The van der Waals surface area contributed by atoms with Crippen molar-refractivity contribution in [2.24, 2.45) is 0 Å². The van der Waals surface area contributed by atoms with Crippen LogP contribution in [0, 0.1) is 0 Å². The van der Waals surface area contributed by atoms with E-state index < -0.39 is 30.0 Å². The van der Waals surface area contributed by atoms with E-state index in [0.717, 1.165) is 52.1 Å². The third-order valence-electron chi connectivity index (χ3n) is 2.50. The molecule has 0 aliphatic rings. The molecule has 215 valence electrons. The topological polar surface area (TPSA) is 352 Å². The Hall–Kier alpha value is 1.36. The Labute approximate surface area is 242 Å². The van der Waals surface area contributed by atoms with Crippen molar-refractivity contribution in [1.29, 1.82) is 0 Å². The average molecular weight is 729 g/mol. The molecule has 0 bridgehead atoms. The van der Waals surface area contributed by atoms with Crippen molar-refractivity contribution in [3.63, 3.8) is 0 Å². The summed E-state index contributed by atoms with van der Waals surface area (Å²) < 4.78 is 93.4. The maximum atomic E-state index is 8.61. The molecule has 24 heteroatoms. The van der Waals surface area contributed by atoms with Gasteiger partial charge in [-0.1, -0.05) is 0 Å². The number of hydrogen-bond acceptors (Lipinski definition) is 19. The molecular formula is C12H30N2O17V5. The summed E-state index contributed by atoms with van der Waals surface area (Å²) in [5, 5.41) is 50.9. The number of aliphatic hydroxyl groups excluding tert-OH is 6. The van der Waals surface area contributed by atoms with Crippen LogP contribution in [0.5, 0.6) is 0 Å². The monoisotopic (exact) mass is 729 g/mol. The van der Waals surface area contributed by atoms with Crippen LogP contribution >= 0.6 is 0 Å². The molecule has 0 aliphatic carbocycles. The Kier molecular flexibility index (Phi) is 68.8. The molecule has 6 N–H and O–H groups in total. The first-order valence-corrected chi connectivity index (χ1v) is 15.1. The third kappa shape index (κ3) is 111. The van der Waals surface area contributed by atoms with E-state index in [4.69, 9.17) is 73.2 Å². The second kappa shape index (κ2) is 46.2. The summed E-state index contributed by atoms with van der Waals surface area (Å²) in [7, 11) is 0. The van der Waals surface area contributed by atoms with Crippen LogP contribution in [0.2, 0.25) is 0 Å². The summed E-state index contributed by atoms with van der Waals surface area (Å²) in [6, 6.07) is 0. The van der Waals surface area contributed by atoms with E-state index in [2.05, 4.69) is 0 Å². The SMILES string of the molecule is OCCN(CCO)CCO.OCCN(CCO)CCO.[O]=[V+2].[O]=[V+2].[O]=[V+2].[O]=[V]([O-])([O-])[O-].[O]=[V]([O-])([O-])[O-]. The Balaban J connectivity index is -0.0000000602. The minimum atomic E-state index is -5.88. The summed E-state index contributed by atoms with van der Waals surface area (Å²) in [4.78, 5) is 3.58. The van der Waals surface area contributed by atoms with Gasteiger partial charge in [0, 0.05) is 39.3 Å². The molecule has 0 fully saturated rings. The molecule has 0 aromatic rings. The first-order chi connectivity index (χ1) is 16.7. The summed E-state index contributed by atoms with van der Waals surface area (Å²) in [5.41, 5.74) is 0. The second-order valence-electron chi connectivity index (χ2n) is 4.92. The van der Waals surface area contributed by atoms with Crippen LogP contribution in [-0.2, 0) is 101 Å². The molecule has 0 heterocycles. The van der Waals surface area contributed by atoms with Gasteiger partial charge in [0.2, 0.25) is 0 Å². The Morgan fingerprint density at radius 1 is 0.417 bits per heavy atom. The van der Waals surface area contributed by atoms with Crippen LogP contribution in [0.25, 0.3) is 0 Å². The van der Waals surface area contributed by atoms with E-state index >= 15 is 0 Å². The molecule has 0 saturated heterocycles. The van der Waals surface area contributed by atoms with Gasteiger partial charge in [0.1, 0.15) is 0 Å². The third-order valence-corrected chi connectivity index (χ3v) is 2.50. The molecule has 0 saturated carbocycles. The first-order valence-electron chi connectivity index (χ1n) is 8.80. The molecule has 36 heavy (non-hydrogen) atoms. The Morgan fingerprint density at radius 2 is 0.500 bits per heavy atom. The summed E-state index contributed by atoms with van der Waals surface area (Å²) >= 11 is -8.56. The molecule has 0 aromatic carbocycles. The summed E-state index contributed by atoms with van der Waals surface area (Å²) in [5.74, 6) is 0. The van der Waals surface area contributed by atoms with Crippen LogP contribution in [0.3, 0.4) is 0 Å². The molecule has 0 atom stereocenters. The van der Waals surface area contributed by atoms with Crippen molar-refractivity contribution in [2.75, 3.05) is 78.9 Å². The number of rotatable bonds is 12. The molecule has 0 radical (unpaired) electrons. The fraction of sp³-hybridized carbons (Fsp3) is 1.00. The zero-order chi connectivity index (χ0) is 30.6. The molecule has 0 amide bonds. The van der Waals surface area contributed by atoms with Gasteiger partial charge in [-0.15, -0.1) is 0 Å². The van der Waals surface area contributed by atoms with Gasteiger partial charge >= 0.3 is 125 Å². The van der Waals surface area contributed by atoms with Gasteiger partial charge in [0.15, 0.2) is 0 Å². The van der Waals surface area contributed by atoms with Gasteiger partial charge < -0.3 is 30.6 Å². The first kappa shape index (κ1) is 53.6. The van der Waals surface area contributed by atoms with Crippen LogP contribution in [0.4, 0.5) is 0 Å². The standard InChI is InChI=1S/2C6H15NO3.11O.5V/c2*8-4-1-7(2-5-9)3-6-10;;;;;;;;;;;;;;;;/h2*8-10H,1-6H2;;;;;;;;;;;;;;;;/q;;;;;;;6*-1;;;3*+2. The van der Waals surface area contributed by atoms with E-state index in [-0.39, 0.29) is 39.6 Å². The van der Waals surface area contributed by atoms with Gasteiger partial charge in [-0.3, -0.25) is 9.80 Å². The van der Waals surface area contributed by atoms with E-state index in [1.807, 2.05) is 0 Å². The number of nitrogens with zero attached hydrogens (tertiary/aromatic N) is 2. The Bertz CT molecular complexity index is 388. The van der Waals surface area contributed by atoms with E-state index in [9.17, 15) is 0 Å². The molecule has 0 spiro atoms. The summed E-state index contributed by atoms with van der Waals surface area (Å²) in [6.45, 7) is 3.51.